The van der Waals surface area contributed by atoms with Crippen molar-refractivity contribution in [3.8, 4) is 11.1 Å². The van der Waals surface area contributed by atoms with Gasteiger partial charge in [0.15, 0.2) is 0 Å². The molecule has 2 unspecified atom stereocenters. The van der Waals surface area contributed by atoms with Gasteiger partial charge in [-0.3, -0.25) is 9.59 Å². The van der Waals surface area contributed by atoms with Crippen LogP contribution in [0.3, 0.4) is 0 Å². The fourth-order valence-electron chi connectivity index (χ4n) is 4.14. The normalized spacial score (nSPS) is 13.9. The number of aliphatic carboxylic acids is 1. The number of carbonyl (C=O) groups excluding carboxylic acids is 2. The average molecular weight is 480 g/mol. The highest BCUT2D eigenvalue weighted by Gasteiger charge is 2.30. The highest BCUT2D eigenvalue weighted by molar-refractivity contribution is 7.07. The van der Waals surface area contributed by atoms with Gasteiger partial charge in [-0.05, 0) is 35.6 Å². The quantitative estimate of drug-likeness (QED) is 0.425. The number of nitrogens with one attached hydrogen (secondary N) is 2. The second-order valence-corrected chi connectivity index (χ2v) is 8.82. The number of hydrogen-bond acceptors (Lipinski definition) is 6. The summed E-state index contributed by atoms with van der Waals surface area (Å²) in [6.07, 6.45) is -1.10. The maximum atomic E-state index is 12.8. The van der Waals surface area contributed by atoms with Crippen molar-refractivity contribution in [3.63, 3.8) is 0 Å². The molecule has 9 heteroatoms. The Hall–Kier alpha value is -3.72. The summed E-state index contributed by atoms with van der Waals surface area (Å²) in [5, 5.41) is 16.2. The monoisotopic (exact) mass is 479 g/mol. The van der Waals surface area contributed by atoms with Crippen molar-refractivity contribution in [3.05, 3.63) is 76.2 Å². The van der Waals surface area contributed by atoms with Gasteiger partial charge in [-0.15, -0.1) is 11.3 Å². The molecule has 4 rings (SSSR count). The first-order valence-electron chi connectivity index (χ1n) is 11.0. The molecule has 2 aromatic carbocycles. The van der Waals surface area contributed by atoms with Crippen LogP contribution in [-0.2, 0) is 14.3 Å². The van der Waals surface area contributed by atoms with Crippen LogP contribution in [0.2, 0.25) is 0 Å². The Bertz CT molecular complexity index is 1140. The van der Waals surface area contributed by atoms with Gasteiger partial charge >= 0.3 is 12.1 Å². The molecule has 1 aromatic heterocycles. The number of carboxylic acid groups (broad SMARTS) is 1. The molecule has 0 saturated heterocycles. The van der Waals surface area contributed by atoms with Gasteiger partial charge in [-0.25, -0.2) is 9.78 Å². The summed E-state index contributed by atoms with van der Waals surface area (Å²) in [6, 6.07) is 14.6. The zero-order valence-corrected chi connectivity index (χ0v) is 19.4. The van der Waals surface area contributed by atoms with Gasteiger partial charge < -0.3 is 20.5 Å². The van der Waals surface area contributed by atoms with Gasteiger partial charge in [-0.2, -0.15) is 0 Å². The molecule has 0 spiro atoms. The van der Waals surface area contributed by atoms with E-state index in [1.807, 2.05) is 53.9 Å². The molecular formula is C25H25N3O5S. The van der Waals surface area contributed by atoms with Gasteiger partial charge in [0.25, 0.3) is 0 Å². The molecular weight excluding hydrogens is 454 g/mol. The summed E-state index contributed by atoms with van der Waals surface area (Å²) in [5.41, 5.74) is 6.73. The van der Waals surface area contributed by atoms with E-state index in [1.54, 1.807) is 12.4 Å². The Morgan fingerprint density at radius 2 is 1.71 bits per heavy atom. The van der Waals surface area contributed by atoms with Gasteiger partial charge in [0, 0.05) is 17.7 Å². The number of aromatic nitrogens is 1. The van der Waals surface area contributed by atoms with Crippen LogP contribution in [0.25, 0.3) is 11.1 Å². The molecule has 0 aliphatic heterocycles. The molecule has 2 atom stereocenters. The standard InChI is InChI=1S/C25H25N3O5S/c1-15(22-13-34-14-26-22)27-24(31)21(10-11-23(29)30)28-25(32)33-12-20-18-8-4-2-6-16(18)17-7-3-5-9-19(17)20/h2-9,13-15,20-21H,10-12H2,1H3,(H,27,31)(H,28,32)(H,29,30). The van der Waals surface area contributed by atoms with E-state index in [0.717, 1.165) is 22.3 Å². The molecule has 1 heterocycles. The third kappa shape index (κ3) is 5.26. The second-order valence-electron chi connectivity index (χ2n) is 8.10. The highest BCUT2D eigenvalue weighted by Crippen LogP contribution is 2.44. The largest absolute Gasteiger partial charge is 0.481 e. The molecule has 2 amide bonds. The molecule has 1 aliphatic carbocycles. The summed E-state index contributed by atoms with van der Waals surface area (Å²) in [4.78, 5) is 40.7. The van der Waals surface area contributed by atoms with Crippen LogP contribution >= 0.6 is 11.3 Å². The first-order chi connectivity index (χ1) is 16.4. The summed E-state index contributed by atoms with van der Waals surface area (Å²) < 4.78 is 5.52. The summed E-state index contributed by atoms with van der Waals surface area (Å²) >= 11 is 1.41. The van der Waals surface area contributed by atoms with Crippen molar-refractivity contribution in [1.29, 1.82) is 0 Å². The van der Waals surface area contributed by atoms with Crippen LogP contribution in [0.15, 0.2) is 59.4 Å². The Kier molecular flexibility index (Phi) is 7.22. The SMILES string of the molecule is CC(NC(=O)C(CCC(=O)O)NC(=O)OCC1c2ccccc2-c2ccccc21)c1cscn1. The van der Waals surface area contributed by atoms with E-state index in [1.165, 1.54) is 11.3 Å². The number of rotatable bonds is 9. The van der Waals surface area contributed by atoms with Crippen molar-refractivity contribution < 1.29 is 24.2 Å². The van der Waals surface area contributed by atoms with Crippen LogP contribution in [0.5, 0.6) is 0 Å². The number of fused-ring (bicyclic) bond motifs is 3. The number of carbonyl (C=O) groups is 3. The minimum atomic E-state index is -1.06. The highest BCUT2D eigenvalue weighted by atomic mass is 32.1. The summed E-state index contributed by atoms with van der Waals surface area (Å²) in [6.45, 7) is 1.87. The number of benzene rings is 2. The molecule has 3 aromatic rings. The fourth-order valence-corrected chi connectivity index (χ4v) is 4.79. The van der Waals surface area contributed by atoms with Crippen LogP contribution in [-0.4, -0.2) is 40.7 Å². The van der Waals surface area contributed by atoms with Crippen molar-refractivity contribution in [2.45, 2.75) is 37.8 Å². The van der Waals surface area contributed by atoms with Gasteiger partial charge in [0.2, 0.25) is 5.91 Å². The topological polar surface area (TPSA) is 118 Å². The van der Waals surface area contributed by atoms with Crippen LogP contribution < -0.4 is 10.6 Å². The van der Waals surface area contributed by atoms with Crippen molar-refractivity contribution in [1.82, 2.24) is 15.6 Å². The average Bonchev–Trinajstić information content (AvgIpc) is 3.47. The Labute approximate surface area is 201 Å². The van der Waals surface area contributed by atoms with Crippen LogP contribution in [0, 0.1) is 0 Å². The maximum absolute atomic E-state index is 12.8. The molecule has 3 N–H and O–H groups in total. The molecule has 176 valence electrons. The first kappa shape index (κ1) is 23.4. The van der Waals surface area contributed by atoms with E-state index >= 15 is 0 Å². The lowest BCUT2D eigenvalue weighted by atomic mass is 9.98. The van der Waals surface area contributed by atoms with E-state index in [9.17, 15) is 14.4 Å². The minimum Gasteiger partial charge on any atom is -0.481 e. The van der Waals surface area contributed by atoms with E-state index in [2.05, 4.69) is 15.6 Å². The van der Waals surface area contributed by atoms with Crippen molar-refractivity contribution >= 4 is 29.3 Å². The molecule has 0 fully saturated rings. The molecule has 8 nitrogen and oxygen atoms in total. The maximum Gasteiger partial charge on any atom is 0.407 e. The number of ether oxygens (including phenoxy) is 1. The van der Waals surface area contributed by atoms with Gasteiger partial charge in [-0.1, -0.05) is 48.5 Å². The predicted molar refractivity (Wildman–Crippen MR) is 128 cm³/mol. The zero-order valence-electron chi connectivity index (χ0n) is 18.6. The Morgan fingerprint density at radius 1 is 1.06 bits per heavy atom. The van der Waals surface area contributed by atoms with Gasteiger partial charge in [0.05, 0.1) is 17.2 Å². The number of hydrogen-bond donors (Lipinski definition) is 3. The lowest BCUT2D eigenvalue weighted by Crippen LogP contribution is -2.47. The Morgan fingerprint density at radius 3 is 2.29 bits per heavy atom. The molecule has 34 heavy (non-hydrogen) atoms. The summed E-state index contributed by atoms with van der Waals surface area (Å²) in [5.74, 6) is -1.66. The van der Waals surface area contributed by atoms with Crippen molar-refractivity contribution in [2.75, 3.05) is 6.61 Å². The van der Waals surface area contributed by atoms with E-state index in [4.69, 9.17) is 9.84 Å². The second kappa shape index (κ2) is 10.5. The Balaban J connectivity index is 1.41. The van der Waals surface area contributed by atoms with Crippen LogP contribution in [0.1, 0.15) is 48.5 Å². The minimum absolute atomic E-state index is 0.0604. The number of thiazole rings is 1. The molecule has 0 radical (unpaired) electrons. The third-order valence-electron chi connectivity index (χ3n) is 5.85. The summed E-state index contributed by atoms with van der Waals surface area (Å²) in [7, 11) is 0. The lowest BCUT2D eigenvalue weighted by Gasteiger charge is -2.21. The number of alkyl carbamates (subject to hydrolysis) is 1. The van der Waals surface area contributed by atoms with Gasteiger partial charge in [0.1, 0.15) is 12.6 Å². The number of carboxylic acids is 1. The number of amides is 2. The van der Waals surface area contributed by atoms with E-state index in [-0.39, 0.29) is 31.4 Å². The molecule has 0 saturated carbocycles. The van der Waals surface area contributed by atoms with E-state index < -0.39 is 24.0 Å². The molecule has 0 bridgehead atoms. The zero-order chi connectivity index (χ0) is 24.1. The van der Waals surface area contributed by atoms with Crippen LogP contribution in [0.4, 0.5) is 4.79 Å². The predicted octanol–water partition coefficient (Wildman–Crippen LogP) is 4.09. The fraction of sp³-hybridized carbons (Fsp3) is 0.280. The third-order valence-corrected chi connectivity index (χ3v) is 6.46. The smallest absolute Gasteiger partial charge is 0.407 e. The first-order valence-corrected chi connectivity index (χ1v) is 11.9. The number of nitrogens with zero attached hydrogens (tertiary/aromatic N) is 1. The molecule has 1 aliphatic rings. The van der Waals surface area contributed by atoms with E-state index in [0.29, 0.717) is 5.69 Å². The van der Waals surface area contributed by atoms with Crippen molar-refractivity contribution in [2.24, 2.45) is 0 Å². The lowest BCUT2D eigenvalue weighted by molar-refractivity contribution is -0.137.